The molecule has 1 rings (SSSR count). The van der Waals surface area contributed by atoms with E-state index in [1.165, 1.54) is 5.34 Å². The second-order valence-electron chi connectivity index (χ2n) is 2.39. The van der Waals surface area contributed by atoms with E-state index < -0.39 is 36.3 Å². The average molecular weight is 246 g/mol. The topological polar surface area (TPSA) is 157 Å². The van der Waals surface area contributed by atoms with Crippen LogP contribution in [0, 0.1) is 4.91 Å². The molecule has 0 spiro atoms. The molecule has 0 aromatic heterocycles. The van der Waals surface area contributed by atoms with Crippen LogP contribution in [0.4, 0.5) is 0 Å². The summed E-state index contributed by atoms with van der Waals surface area (Å²) < 4.78 is 4.32. The molecule has 0 unspecified atom stereocenters. The van der Waals surface area contributed by atoms with Gasteiger partial charge < -0.3 is 30.4 Å². The fourth-order valence-corrected chi connectivity index (χ4v) is 0.823. The zero-order valence-electron chi connectivity index (χ0n) is 8.27. The third-order valence-corrected chi connectivity index (χ3v) is 1.48. The normalized spacial score (nSPS) is 20.1. The molecular weight excluding hydrogens is 237 g/mol. The van der Waals surface area contributed by atoms with Gasteiger partial charge in [0.25, 0.3) is 0 Å². The molecule has 0 aromatic carbocycles. The summed E-state index contributed by atoms with van der Waals surface area (Å²) in [6.45, 7) is -0.671. The van der Waals surface area contributed by atoms with Crippen LogP contribution in [0.1, 0.15) is 0 Å². The standard InChI is InChI=1S/C6H8O6.HNO2.Na/c7-1-2(8)5-3(9)4(10)6(11)12-5;2-1-3;/h2,5,7-10H,1H2;(H,2,3);/t2-,5+;;/m0../s1. The van der Waals surface area contributed by atoms with Crippen LogP contribution >= 0.6 is 0 Å². The first-order valence-electron chi connectivity index (χ1n) is 3.58. The van der Waals surface area contributed by atoms with E-state index in [0.717, 1.165) is 0 Å². The third kappa shape index (κ3) is 4.33. The summed E-state index contributed by atoms with van der Waals surface area (Å²) in [7, 11) is 0. The number of esters is 1. The van der Waals surface area contributed by atoms with Gasteiger partial charge in [0.1, 0.15) is 6.10 Å². The molecule has 1 aliphatic heterocycles. The summed E-state index contributed by atoms with van der Waals surface area (Å²) in [6, 6.07) is 0. The van der Waals surface area contributed by atoms with Crippen molar-refractivity contribution in [2.45, 2.75) is 12.2 Å². The SMILES string of the molecule is O=C1O[C@H]([C@@H](O)CO)C(O)=C1O.O=NO.[Na]. The van der Waals surface area contributed by atoms with Gasteiger partial charge in [-0.2, -0.15) is 0 Å². The van der Waals surface area contributed by atoms with Crippen molar-refractivity contribution in [2.75, 3.05) is 6.61 Å². The minimum absolute atomic E-state index is 0. The van der Waals surface area contributed by atoms with Crippen molar-refractivity contribution >= 4 is 35.5 Å². The van der Waals surface area contributed by atoms with Crippen LogP contribution < -0.4 is 0 Å². The first-order chi connectivity index (χ1) is 6.99. The molecule has 1 aliphatic rings. The largest absolute Gasteiger partial charge is 0.505 e. The van der Waals surface area contributed by atoms with Gasteiger partial charge in [0.2, 0.25) is 5.76 Å². The van der Waals surface area contributed by atoms with Crippen molar-refractivity contribution in [1.29, 1.82) is 0 Å². The Morgan fingerprint density at radius 3 is 2.12 bits per heavy atom. The van der Waals surface area contributed by atoms with E-state index in [-0.39, 0.29) is 29.6 Å². The maximum absolute atomic E-state index is 10.5. The molecule has 10 heteroatoms. The summed E-state index contributed by atoms with van der Waals surface area (Å²) in [5, 5.41) is 42.9. The third-order valence-electron chi connectivity index (χ3n) is 1.48. The maximum Gasteiger partial charge on any atom is 0.377 e. The molecular formula is C6H9NNaO8. The van der Waals surface area contributed by atoms with Gasteiger partial charge in [0, 0.05) is 29.6 Å². The van der Waals surface area contributed by atoms with E-state index in [1.54, 1.807) is 0 Å². The molecule has 16 heavy (non-hydrogen) atoms. The molecule has 0 bridgehead atoms. The number of hydrogen-bond acceptors (Lipinski definition) is 8. The number of rotatable bonds is 2. The molecule has 0 saturated carbocycles. The number of aliphatic hydroxyl groups excluding tert-OH is 4. The molecule has 9 nitrogen and oxygen atoms in total. The second kappa shape index (κ2) is 8.30. The maximum atomic E-state index is 10.5. The Kier molecular flexibility index (Phi) is 9.09. The second-order valence-corrected chi connectivity index (χ2v) is 2.39. The van der Waals surface area contributed by atoms with Crippen molar-refractivity contribution < 1.29 is 35.2 Å². The molecule has 0 amide bonds. The summed E-state index contributed by atoms with van der Waals surface area (Å²) in [5.41, 5.74) is 0. The molecule has 0 fully saturated rings. The van der Waals surface area contributed by atoms with Gasteiger partial charge in [-0.3, -0.25) is 0 Å². The number of cyclic esters (lactones) is 1. The monoisotopic (exact) mass is 246 g/mol. The quantitative estimate of drug-likeness (QED) is 0.168. The molecule has 1 heterocycles. The first kappa shape index (κ1) is 17.5. The van der Waals surface area contributed by atoms with Crippen LogP contribution in [0.2, 0.25) is 0 Å². The van der Waals surface area contributed by atoms with Crippen molar-refractivity contribution in [2.24, 2.45) is 5.34 Å². The molecule has 0 saturated heterocycles. The fraction of sp³-hybridized carbons (Fsp3) is 0.500. The van der Waals surface area contributed by atoms with Crippen LogP contribution in [-0.4, -0.2) is 80.0 Å². The summed E-state index contributed by atoms with van der Waals surface area (Å²) in [5.74, 6) is -2.78. The Hall–Kier alpha value is -0.870. The number of nitrogens with zero attached hydrogens (tertiary/aromatic N) is 1. The minimum atomic E-state index is -1.42. The van der Waals surface area contributed by atoms with E-state index in [2.05, 4.69) is 4.74 Å². The zero-order valence-corrected chi connectivity index (χ0v) is 10.3. The molecule has 5 N–H and O–H groups in total. The van der Waals surface area contributed by atoms with Gasteiger partial charge in [-0.15, -0.1) is 4.91 Å². The van der Waals surface area contributed by atoms with E-state index in [1.807, 2.05) is 0 Å². The van der Waals surface area contributed by atoms with Gasteiger partial charge in [-0.05, 0) is 0 Å². The van der Waals surface area contributed by atoms with Gasteiger partial charge in [0.05, 0.1) is 6.61 Å². The van der Waals surface area contributed by atoms with Crippen molar-refractivity contribution in [3.63, 3.8) is 0 Å². The van der Waals surface area contributed by atoms with E-state index in [4.69, 9.17) is 30.5 Å². The molecule has 2 atom stereocenters. The number of ether oxygens (including phenoxy) is 1. The smallest absolute Gasteiger partial charge is 0.377 e. The van der Waals surface area contributed by atoms with Crippen molar-refractivity contribution in [1.82, 2.24) is 0 Å². The Morgan fingerprint density at radius 2 is 1.88 bits per heavy atom. The van der Waals surface area contributed by atoms with Gasteiger partial charge >= 0.3 is 5.97 Å². The number of hydrogen-bond donors (Lipinski definition) is 5. The first-order valence-corrected chi connectivity index (χ1v) is 3.58. The van der Waals surface area contributed by atoms with Crippen LogP contribution in [0.15, 0.2) is 16.9 Å². The predicted octanol–water partition coefficient (Wildman–Crippen LogP) is -1.65. The van der Waals surface area contributed by atoms with Gasteiger partial charge in [-0.25, -0.2) is 4.79 Å². The molecule has 87 valence electrons. The molecule has 0 aromatic rings. The van der Waals surface area contributed by atoms with Gasteiger partial charge in [-0.1, -0.05) is 0 Å². The van der Waals surface area contributed by atoms with Crippen molar-refractivity contribution in [3.05, 3.63) is 16.4 Å². The summed E-state index contributed by atoms with van der Waals surface area (Å²) in [6.07, 6.45) is -2.78. The Labute approximate surface area is 111 Å². The molecule has 1 radical (unpaired) electrons. The number of carbonyl (C=O) groups is 1. The summed E-state index contributed by atoms with van der Waals surface area (Å²) in [4.78, 5) is 18.6. The predicted molar refractivity (Wildman–Crippen MR) is 48.6 cm³/mol. The van der Waals surface area contributed by atoms with Crippen LogP contribution in [0.5, 0.6) is 0 Å². The zero-order chi connectivity index (χ0) is 12.0. The van der Waals surface area contributed by atoms with Crippen LogP contribution in [0.25, 0.3) is 0 Å². The Morgan fingerprint density at radius 1 is 1.44 bits per heavy atom. The average Bonchev–Trinajstić information content (AvgIpc) is 2.46. The van der Waals surface area contributed by atoms with E-state index in [0.29, 0.717) is 0 Å². The van der Waals surface area contributed by atoms with Gasteiger partial charge in [0.15, 0.2) is 17.2 Å². The van der Waals surface area contributed by atoms with E-state index in [9.17, 15) is 4.79 Å². The van der Waals surface area contributed by atoms with Crippen LogP contribution in [0.3, 0.4) is 0 Å². The fourth-order valence-electron chi connectivity index (χ4n) is 0.823. The van der Waals surface area contributed by atoms with Crippen LogP contribution in [-0.2, 0) is 9.53 Å². The summed E-state index contributed by atoms with van der Waals surface area (Å²) >= 11 is 0. The minimum Gasteiger partial charge on any atom is -0.505 e. The number of carbonyl (C=O) groups excluding carboxylic acids is 1. The van der Waals surface area contributed by atoms with Crippen molar-refractivity contribution in [3.8, 4) is 0 Å². The number of aliphatic hydroxyl groups is 4. The Bertz CT molecular complexity index is 280. The molecule has 0 aliphatic carbocycles. The Balaban J connectivity index is 0. The van der Waals surface area contributed by atoms with E-state index >= 15 is 0 Å².